The quantitative estimate of drug-likeness (QED) is 0.907. The van der Waals surface area contributed by atoms with Crippen LogP contribution in [0.25, 0.3) is 0 Å². The van der Waals surface area contributed by atoms with Gasteiger partial charge in [0.15, 0.2) is 0 Å². The maximum Gasteiger partial charge on any atom is 0.236 e. The zero-order chi connectivity index (χ0) is 15.2. The van der Waals surface area contributed by atoms with Crippen molar-refractivity contribution in [2.75, 3.05) is 19.6 Å². The molecule has 1 aromatic heterocycles. The number of aromatic nitrogens is 1. The molecule has 1 amide bonds. The van der Waals surface area contributed by atoms with E-state index in [1.54, 1.807) is 0 Å². The topological polar surface area (TPSA) is 58.4 Å². The summed E-state index contributed by atoms with van der Waals surface area (Å²) in [6, 6.07) is 0.132. The van der Waals surface area contributed by atoms with Crippen molar-refractivity contribution in [3.05, 3.63) is 17.0 Å². The Bertz CT molecular complexity index is 443. The highest BCUT2D eigenvalue weighted by atomic mass is 16.5. The van der Waals surface area contributed by atoms with E-state index in [0.717, 1.165) is 49.4 Å². The molecule has 0 spiro atoms. The van der Waals surface area contributed by atoms with Gasteiger partial charge in [0.05, 0.1) is 12.2 Å². The summed E-state index contributed by atoms with van der Waals surface area (Å²) in [6.45, 7) is 8.19. The molecule has 118 valence electrons. The van der Waals surface area contributed by atoms with E-state index < -0.39 is 0 Å². The molecule has 1 saturated heterocycles. The van der Waals surface area contributed by atoms with Crippen LogP contribution in [0.2, 0.25) is 0 Å². The van der Waals surface area contributed by atoms with Gasteiger partial charge in [0.2, 0.25) is 5.91 Å². The Morgan fingerprint density at radius 2 is 1.95 bits per heavy atom. The molecule has 5 heteroatoms. The molecule has 0 radical (unpaired) electrons. The van der Waals surface area contributed by atoms with Crippen molar-refractivity contribution >= 4 is 5.91 Å². The van der Waals surface area contributed by atoms with Crippen LogP contribution in [0.3, 0.4) is 0 Å². The van der Waals surface area contributed by atoms with Gasteiger partial charge in [-0.3, -0.25) is 4.79 Å². The van der Waals surface area contributed by atoms with Crippen molar-refractivity contribution in [1.82, 2.24) is 15.4 Å². The molecule has 2 rings (SSSR count). The van der Waals surface area contributed by atoms with Crippen molar-refractivity contribution < 1.29 is 9.32 Å². The van der Waals surface area contributed by atoms with E-state index in [4.69, 9.17) is 4.52 Å². The second-order valence-corrected chi connectivity index (χ2v) is 5.87. The van der Waals surface area contributed by atoms with Gasteiger partial charge in [0.1, 0.15) is 5.76 Å². The maximum absolute atomic E-state index is 12.3. The fourth-order valence-electron chi connectivity index (χ4n) is 3.08. The number of hydrogen-bond acceptors (Lipinski definition) is 4. The monoisotopic (exact) mass is 293 g/mol. The number of nitrogens with one attached hydrogen (secondary N) is 1. The van der Waals surface area contributed by atoms with Crippen LogP contribution >= 0.6 is 0 Å². The third-order valence-corrected chi connectivity index (χ3v) is 4.30. The Kier molecular flexibility index (Phi) is 5.79. The molecule has 21 heavy (non-hydrogen) atoms. The average Bonchev–Trinajstić information content (AvgIpc) is 2.72. The van der Waals surface area contributed by atoms with Gasteiger partial charge in [-0.2, -0.15) is 0 Å². The molecule has 1 unspecified atom stereocenters. The third kappa shape index (κ3) is 4.06. The van der Waals surface area contributed by atoms with Crippen molar-refractivity contribution in [3.63, 3.8) is 0 Å². The van der Waals surface area contributed by atoms with Crippen LogP contribution in [0.5, 0.6) is 0 Å². The summed E-state index contributed by atoms with van der Waals surface area (Å²) < 4.78 is 5.23. The summed E-state index contributed by atoms with van der Waals surface area (Å²) in [7, 11) is 0. The molecule has 0 aromatic carbocycles. The molecular formula is C16H27N3O2. The van der Waals surface area contributed by atoms with Crippen molar-refractivity contribution in [1.29, 1.82) is 0 Å². The molecule has 0 aliphatic carbocycles. The Balaban J connectivity index is 1.92. The number of carbonyl (C=O) groups excluding carboxylic acids is 1. The lowest BCUT2D eigenvalue weighted by Crippen LogP contribution is -2.39. The summed E-state index contributed by atoms with van der Waals surface area (Å²) in [5.74, 6) is 1.05. The summed E-state index contributed by atoms with van der Waals surface area (Å²) in [6.07, 6.45) is 5.66. The summed E-state index contributed by atoms with van der Waals surface area (Å²) in [5.41, 5.74) is 2.01. The zero-order valence-corrected chi connectivity index (χ0v) is 13.4. The van der Waals surface area contributed by atoms with Crippen LogP contribution in [0.4, 0.5) is 0 Å². The van der Waals surface area contributed by atoms with E-state index in [1.165, 1.54) is 12.8 Å². The van der Waals surface area contributed by atoms with Crippen LogP contribution in [0.15, 0.2) is 4.52 Å². The van der Waals surface area contributed by atoms with E-state index in [9.17, 15) is 4.79 Å². The smallest absolute Gasteiger partial charge is 0.236 e. The highest BCUT2D eigenvalue weighted by molar-refractivity contribution is 5.78. The van der Waals surface area contributed by atoms with E-state index in [2.05, 4.69) is 17.4 Å². The van der Waals surface area contributed by atoms with Crippen LogP contribution in [0.1, 0.15) is 62.1 Å². The first kappa shape index (κ1) is 16.0. The number of rotatable bonds is 5. The molecule has 1 aliphatic heterocycles. The summed E-state index contributed by atoms with van der Waals surface area (Å²) >= 11 is 0. The van der Waals surface area contributed by atoms with E-state index in [1.807, 2.05) is 18.7 Å². The molecule has 1 fully saturated rings. The second kappa shape index (κ2) is 7.59. The number of hydrogen-bond donors (Lipinski definition) is 1. The first-order valence-corrected chi connectivity index (χ1v) is 8.07. The molecule has 5 nitrogen and oxygen atoms in total. The number of amides is 1. The van der Waals surface area contributed by atoms with Crippen LogP contribution in [-0.2, 0) is 4.79 Å². The zero-order valence-electron chi connectivity index (χ0n) is 13.4. The van der Waals surface area contributed by atoms with Gasteiger partial charge in [0.25, 0.3) is 0 Å². The standard InChI is InChI=1S/C16H27N3O2/c1-4-14(16-12(2)18-21-13(16)3)17-11-15(20)19-9-7-5-6-8-10-19/h14,17H,4-11H2,1-3H3. The summed E-state index contributed by atoms with van der Waals surface area (Å²) in [5, 5.41) is 7.38. The minimum Gasteiger partial charge on any atom is -0.361 e. The van der Waals surface area contributed by atoms with Crippen LogP contribution in [0, 0.1) is 13.8 Å². The highest BCUT2D eigenvalue weighted by Crippen LogP contribution is 2.23. The average molecular weight is 293 g/mol. The Hall–Kier alpha value is -1.36. The Labute approximate surface area is 127 Å². The van der Waals surface area contributed by atoms with Crippen molar-refractivity contribution in [2.24, 2.45) is 0 Å². The van der Waals surface area contributed by atoms with Crippen molar-refractivity contribution in [2.45, 2.75) is 58.9 Å². The predicted molar refractivity (Wildman–Crippen MR) is 82.1 cm³/mol. The third-order valence-electron chi connectivity index (χ3n) is 4.30. The summed E-state index contributed by atoms with van der Waals surface area (Å²) in [4.78, 5) is 14.3. The van der Waals surface area contributed by atoms with Crippen LogP contribution in [-0.4, -0.2) is 35.6 Å². The minimum absolute atomic E-state index is 0.132. The molecule has 2 heterocycles. The molecular weight excluding hydrogens is 266 g/mol. The van der Waals surface area contributed by atoms with Crippen LogP contribution < -0.4 is 5.32 Å². The lowest BCUT2D eigenvalue weighted by atomic mass is 10.0. The molecule has 1 aromatic rings. The van der Waals surface area contributed by atoms with Gasteiger partial charge in [-0.25, -0.2) is 0 Å². The molecule has 1 aliphatic rings. The first-order valence-electron chi connectivity index (χ1n) is 8.07. The lowest BCUT2D eigenvalue weighted by Gasteiger charge is -2.23. The first-order chi connectivity index (χ1) is 10.1. The largest absolute Gasteiger partial charge is 0.361 e. The van der Waals surface area contributed by atoms with Gasteiger partial charge in [-0.15, -0.1) is 0 Å². The number of likely N-dealkylation sites (tertiary alicyclic amines) is 1. The maximum atomic E-state index is 12.3. The number of nitrogens with zero attached hydrogens (tertiary/aromatic N) is 2. The molecule has 0 saturated carbocycles. The SMILES string of the molecule is CCC(NCC(=O)N1CCCCCC1)c1c(C)noc1C. The normalized spacial score (nSPS) is 17.6. The Morgan fingerprint density at radius 1 is 1.29 bits per heavy atom. The van der Waals surface area contributed by atoms with Gasteiger partial charge in [-0.05, 0) is 33.1 Å². The molecule has 1 atom stereocenters. The molecule has 0 bridgehead atoms. The molecule has 1 N–H and O–H groups in total. The van der Waals surface area contributed by atoms with Gasteiger partial charge in [0, 0.05) is 24.7 Å². The predicted octanol–water partition coefficient (Wildman–Crippen LogP) is 2.73. The minimum atomic E-state index is 0.132. The lowest BCUT2D eigenvalue weighted by molar-refractivity contribution is -0.130. The fraction of sp³-hybridized carbons (Fsp3) is 0.750. The van der Waals surface area contributed by atoms with E-state index in [0.29, 0.717) is 6.54 Å². The van der Waals surface area contributed by atoms with Crippen molar-refractivity contribution in [3.8, 4) is 0 Å². The number of carbonyl (C=O) groups is 1. The van der Waals surface area contributed by atoms with E-state index >= 15 is 0 Å². The van der Waals surface area contributed by atoms with Gasteiger partial charge in [-0.1, -0.05) is 24.9 Å². The highest BCUT2D eigenvalue weighted by Gasteiger charge is 2.21. The second-order valence-electron chi connectivity index (χ2n) is 5.87. The van der Waals surface area contributed by atoms with Gasteiger partial charge >= 0.3 is 0 Å². The number of aryl methyl sites for hydroxylation is 2. The fourth-order valence-corrected chi connectivity index (χ4v) is 3.08. The Morgan fingerprint density at radius 3 is 2.48 bits per heavy atom. The van der Waals surface area contributed by atoms with Gasteiger partial charge < -0.3 is 14.7 Å². The van der Waals surface area contributed by atoms with E-state index in [-0.39, 0.29) is 11.9 Å².